The highest BCUT2D eigenvalue weighted by molar-refractivity contribution is 5.88. The van der Waals surface area contributed by atoms with Crippen molar-refractivity contribution >= 4 is 17.6 Å². The molecule has 3 N–H and O–H groups in total. The van der Waals surface area contributed by atoms with Gasteiger partial charge in [0, 0.05) is 32.7 Å². The fourth-order valence-electron chi connectivity index (χ4n) is 4.08. The summed E-state index contributed by atoms with van der Waals surface area (Å²) < 4.78 is 5.33. The second kappa shape index (κ2) is 12.1. The van der Waals surface area contributed by atoms with Crippen LogP contribution < -0.4 is 20.7 Å². The molecule has 172 valence electrons. The van der Waals surface area contributed by atoms with Crippen molar-refractivity contribution in [1.29, 1.82) is 0 Å². The van der Waals surface area contributed by atoms with Crippen LogP contribution >= 0.6 is 0 Å². The summed E-state index contributed by atoms with van der Waals surface area (Å²) in [6.07, 6.45) is 3.79. The van der Waals surface area contributed by atoms with Crippen LogP contribution in [0.1, 0.15) is 43.4 Å². The van der Waals surface area contributed by atoms with Crippen LogP contribution in [0.3, 0.4) is 0 Å². The smallest absolute Gasteiger partial charge is 0.221 e. The van der Waals surface area contributed by atoms with Gasteiger partial charge in [-0.1, -0.05) is 30.7 Å². The third-order valence-corrected chi connectivity index (χ3v) is 5.73. The molecule has 0 aromatic heterocycles. The fraction of sp³-hybridized carbons (Fsp3) is 0.440. The number of carbonyl (C=O) groups is 1. The number of rotatable bonds is 8. The third-order valence-electron chi connectivity index (χ3n) is 5.73. The molecule has 1 saturated heterocycles. The fourth-order valence-corrected chi connectivity index (χ4v) is 4.08. The molecule has 0 aliphatic carbocycles. The molecule has 32 heavy (non-hydrogen) atoms. The average molecular weight is 438 g/mol. The van der Waals surface area contributed by atoms with Gasteiger partial charge in [-0.05, 0) is 61.3 Å². The van der Waals surface area contributed by atoms with Gasteiger partial charge in [-0.15, -0.1) is 0 Å². The molecule has 0 bridgehead atoms. The van der Waals surface area contributed by atoms with Gasteiger partial charge in [-0.2, -0.15) is 0 Å². The lowest BCUT2D eigenvalue weighted by atomic mass is 10.0. The minimum absolute atomic E-state index is 0.0742. The summed E-state index contributed by atoms with van der Waals surface area (Å²) >= 11 is 0. The third kappa shape index (κ3) is 6.99. The Morgan fingerprint density at radius 3 is 2.50 bits per heavy atom. The monoisotopic (exact) mass is 437 g/mol. The predicted octanol–water partition coefficient (Wildman–Crippen LogP) is 3.55. The van der Waals surface area contributed by atoms with Gasteiger partial charge in [0.25, 0.3) is 0 Å². The Balaban J connectivity index is 1.62. The number of aliphatic imine (C=N–C) groups is 1. The highest BCUT2D eigenvalue weighted by atomic mass is 16.5. The van der Waals surface area contributed by atoms with Crippen LogP contribution in [-0.4, -0.2) is 50.6 Å². The zero-order chi connectivity index (χ0) is 22.8. The van der Waals surface area contributed by atoms with Crippen LogP contribution in [0.25, 0.3) is 0 Å². The predicted molar refractivity (Wildman–Crippen MR) is 130 cm³/mol. The van der Waals surface area contributed by atoms with Crippen LogP contribution in [0.15, 0.2) is 53.5 Å². The van der Waals surface area contributed by atoms with Crippen molar-refractivity contribution in [2.24, 2.45) is 4.99 Å². The number of hydrogen-bond acceptors (Lipinski definition) is 4. The molecule has 0 radical (unpaired) electrons. The molecule has 2 aromatic rings. The van der Waals surface area contributed by atoms with E-state index in [0.717, 1.165) is 42.6 Å². The Kier molecular flexibility index (Phi) is 8.92. The van der Waals surface area contributed by atoms with Gasteiger partial charge in [0.2, 0.25) is 5.91 Å². The lowest BCUT2D eigenvalue weighted by Crippen LogP contribution is -2.44. The summed E-state index contributed by atoms with van der Waals surface area (Å²) in [5.41, 5.74) is 3.14. The first kappa shape index (κ1) is 23.6. The summed E-state index contributed by atoms with van der Waals surface area (Å²) in [5, 5.41) is 9.71. The highest BCUT2D eigenvalue weighted by Gasteiger charge is 2.22. The van der Waals surface area contributed by atoms with Crippen LogP contribution in [0.5, 0.6) is 5.75 Å². The molecule has 7 heteroatoms. The Labute approximate surface area is 191 Å². The maximum atomic E-state index is 11.3. The zero-order valence-electron chi connectivity index (χ0n) is 19.4. The number of piperidine rings is 1. The van der Waals surface area contributed by atoms with E-state index < -0.39 is 0 Å². The molecular weight excluding hydrogens is 402 g/mol. The minimum Gasteiger partial charge on any atom is -0.497 e. The molecule has 1 unspecified atom stereocenters. The summed E-state index contributed by atoms with van der Waals surface area (Å²) in [6.45, 7) is 5.11. The van der Waals surface area contributed by atoms with Crippen molar-refractivity contribution in [3.8, 4) is 5.75 Å². The first-order chi connectivity index (χ1) is 15.6. The highest BCUT2D eigenvalue weighted by Crippen LogP contribution is 2.25. The number of hydrogen-bond donors (Lipinski definition) is 3. The molecule has 1 heterocycles. The van der Waals surface area contributed by atoms with Gasteiger partial charge in [0.15, 0.2) is 5.96 Å². The molecule has 1 amide bonds. The Hall–Kier alpha value is -3.06. The van der Waals surface area contributed by atoms with Crippen molar-refractivity contribution in [3.63, 3.8) is 0 Å². The lowest BCUT2D eigenvalue weighted by Gasteiger charge is -2.35. The molecule has 1 fully saturated rings. The molecule has 1 aliphatic rings. The van der Waals surface area contributed by atoms with Gasteiger partial charge in [-0.25, -0.2) is 0 Å². The van der Waals surface area contributed by atoms with E-state index in [1.807, 2.05) is 36.4 Å². The van der Waals surface area contributed by atoms with Crippen molar-refractivity contribution in [3.05, 3.63) is 59.7 Å². The molecule has 0 saturated carbocycles. The summed E-state index contributed by atoms with van der Waals surface area (Å²) in [4.78, 5) is 18.3. The average Bonchev–Trinajstić information content (AvgIpc) is 2.82. The van der Waals surface area contributed by atoms with Crippen molar-refractivity contribution in [2.45, 2.75) is 38.8 Å². The number of ether oxygens (including phenoxy) is 1. The normalized spacial score (nSPS) is 15.7. The number of methoxy groups -OCH3 is 1. The van der Waals surface area contributed by atoms with Crippen molar-refractivity contribution in [2.75, 3.05) is 39.1 Å². The minimum atomic E-state index is -0.0742. The van der Waals surface area contributed by atoms with E-state index in [2.05, 4.69) is 38.0 Å². The summed E-state index contributed by atoms with van der Waals surface area (Å²) in [7, 11) is 3.48. The molecule has 0 spiro atoms. The van der Waals surface area contributed by atoms with E-state index in [1.54, 1.807) is 14.2 Å². The molecule has 2 aromatic carbocycles. The van der Waals surface area contributed by atoms with E-state index in [0.29, 0.717) is 6.54 Å². The van der Waals surface area contributed by atoms with Gasteiger partial charge < -0.3 is 20.7 Å². The standard InChI is InChI=1S/C25H35N5O2/c1-19(31)29-22-9-7-8-20(16-22)17-27-25(26-2)28-18-24(30-14-5-4-6-15-30)21-10-12-23(32-3)13-11-21/h7-13,16,24H,4-6,14-15,17-18H2,1-3H3,(H,29,31)(H2,26,27,28). The zero-order valence-corrected chi connectivity index (χ0v) is 19.4. The number of guanidine groups is 1. The second-order valence-corrected chi connectivity index (χ2v) is 8.07. The molecular formula is C25H35N5O2. The maximum absolute atomic E-state index is 11.3. The molecule has 7 nitrogen and oxygen atoms in total. The number of amides is 1. The number of nitrogens with one attached hydrogen (secondary N) is 3. The number of likely N-dealkylation sites (tertiary alicyclic amines) is 1. The first-order valence-electron chi connectivity index (χ1n) is 11.3. The van der Waals surface area contributed by atoms with Gasteiger partial charge in [-0.3, -0.25) is 14.7 Å². The van der Waals surface area contributed by atoms with Crippen LogP contribution in [-0.2, 0) is 11.3 Å². The Morgan fingerprint density at radius 2 is 1.84 bits per heavy atom. The number of benzene rings is 2. The summed E-state index contributed by atoms with van der Waals surface area (Å²) in [5.74, 6) is 1.55. The van der Waals surface area contributed by atoms with Crippen molar-refractivity contribution in [1.82, 2.24) is 15.5 Å². The topological polar surface area (TPSA) is 78.0 Å². The quantitative estimate of drug-likeness (QED) is 0.435. The number of anilines is 1. The number of nitrogens with zero attached hydrogens (tertiary/aromatic N) is 2. The number of carbonyl (C=O) groups excluding carboxylic acids is 1. The Morgan fingerprint density at radius 1 is 1.09 bits per heavy atom. The van der Waals surface area contributed by atoms with E-state index in [9.17, 15) is 4.79 Å². The Bertz CT molecular complexity index is 891. The largest absolute Gasteiger partial charge is 0.497 e. The van der Waals surface area contributed by atoms with Crippen LogP contribution in [0.4, 0.5) is 5.69 Å². The maximum Gasteiger partial charge on any atom is 0.221 e. The van der Waals surface area contributed by atoms with E-state index in [4.69, 9.17) is 4.74 Å². The van der Waals surface area contributed by atoms with Crippen molar-refractivity contribution < 1.29 is 9.53 Å². The van der Waals surface area contributed by atoms with E-state index in [-0.39, 0.29) is 11.9 Å². The van der Waals surface area contributed by atoms with Crippen LogP contribution in [0.2, 0.25) is 0 Å². The lowest BCUT2D eigenvalue weighted by molar-refractivity contribution is -0.114. The van der Waals surface area contributed by atoms with E-state index in [1.165, 1.54) is 31.7 Å². The molecule has 1 atom stereocenters. The van der Waals surface area contributed by atoms with Crippen LogP contribution in [0, 0.1) is 0 Å². The SMILES string of the molecule is CN=C(NCc1cccc(NC(C)=O)c1)NCC(c1ccc(OC)cc1)N1CCCCC1. The van der Waals surface area contributed by atoms with Gasteiger partial charge in [0.05, 0.1) is 13.2 Å². The van der Waals surface area contributed by atoms with Gasteiger partial charge in [0.1, 0.15) is 5.75 Å². The van der Waals surface area contributed by atoms with Gasteiger partial charge >= 0.3 is 0 Å². The van der Waals surface area contributed by atoms with E-state index >= 15 is 0 Å². The first-order valence-corrected chi connectivity index (χ1v) is 11.3. The molecule has 3 rings (SSSR count). The second-order valence-electron chi connectivity index (χ2n) is 8.07. The summed E-state index contributed by atoms with van der Waals surface area (Å²) in [6, 6.07) is 16.5. The molecule has 1 aliphatic heterocycles.